The number of aromatic hydroxyl groups is 1. The summed E-state index contributed by atoms with van der Waals surface area (Å²) in [6, 6.07) is 6.33. The molecule has 0 fully saturated rings. The van der Waals surface area contributed by atoms with Gasteiger partial charge in [-0.3, -0.25) is 0 Å². The molecular formula is C7H9O3PS2. The van der Waals surface area contributed by atoms with Crippen molar-refractivity contribution < 1.29 is 14.2 Å². The maximum absolute atomic E-state index is 9.12. The van der Waals surface area contributed by atoms with Gasteiger partial charge in [-0.15, -0.1) is 0 Å². The zero-order valence-corrected chi connectivity index (χ0v) is 9.48. The number of hydrogen-bond acceptors (Lipinski definition) is 4. The van der Waals surface area contributed by atoms with Crippen LogP contribution in [-0.2, 0) is 16.3 Å². The molecule has 13 heavy (non-hydrogen) atoms. The molecule has 0 saturated carbocycles. The summed E-state index contributed by atoms with van der Waals surface area (Å²) in [6.07, 6.45) is 0. The van der Waals surface area contributed by atoms with Crippen molar-refractivity contribution in [2.75, 3.05) is 7.11 Å². The third-order valence-corrected chi connectivity index (χ3v) is 3.58. The number of thiol groups is 1. The summed E-state index contributed by atoms with van der Waals surface area (Å²) in [4.78, 5) is 0. The van der Waals surface area contributed by atoms with E-state index in [9.17, 15) is 0 Å². The van der Waals surface area contributed by atoms with Crippen molar-refractivity contribution in [1.82, 2.24) is 0 Å². The van der Waals surface area contributed by atoms with Crippen molar-refractivity contribution in [2.24, 2.45) is 0 Å². The van der Waals surface area contributed by atoms with Crippen molar-refractivity contribution >= 4 is 29.7 Å². The molecule has 1 rings (SSSR count). The lowest BCUT2D eigenvalue weighted by atomic mass is 10.3. The number of rotatable bonds is 3. The highest BCUT2D eigenvalue weighted by Crippen LogP contribution is 2.52. The Kier molecular flexibility index (Phi) is 3.62. The molecule has 0 aliphatic heterocycles. The highest BCUT2D eigenvalue weighted by Gasteiger charge is 2.11. The summed E-state index contributed by atoms with van der Waals surface area (Å²) in [5.74, 6) is 0.581. The average Bonchev–Trinajstić information content (AvgIpc) is 2.03. The second kappa shape index (κ2) is 4.33. The summed E-state index contributed by atoms with van der Waals surface area (Å²) in [5.41, 5.74) is -2.50. The number of benzene rings is 1. The Morgan fingerprint density at radius 2 is 2.23 bits per heavy atom. The van der Waals surface area contributed by atoms with Gasteiger partial charge >= 0.3 is 0 Å². The van der Waals surface area contributed by atoms with E-state index in [2.05, 4.69) is 12.2 Å². The smallest absolute Gasteiger partial charge is 0.294 e. The van der Waals surface area contributed by atoms with Crippen molar-refractivity contribution in [1.29, 1.82) is 0 Å². The van der Waals surface area contributed by atoms with E-state index in [1.807, 2.05) is 0 Å². The summed E-state index contributed by atoms with van der Waals surface area (Å²) < 4.78 is 10.1. The fourth-order valence-electron chi connectivity index (χ4n) is 0.711. The Balaban J connectivity index is 2.81. The van der Waals surface area contributed by atoms with Crippen molar-refractivity contribution in [3.8, 4) is 11.5 Å². The van der Waals surface area contributed by atoms with Crippen LogP contribution in [0.2, 0.25) is 0 Å². The number of phenols is 1. The Labute approximate surface area is 87.0 Å². The second-order valence-corrected chi connectivity index (χ2v) is 7.56. The van der Waals surface area contributed by atoms with Crippen LogP contribution in [-0.4, -0.2) is 12.2 Å². The standard InChI is InChI=1S/C7H9O3PS2/c1-9-11(12,13)10-7-4-2-3-6(8)5-7/h2-5,8H,1H3,(H,12,13). The Bertz CT molecular complexity index is 342. The van der Waals surface area contributed by atoms with Crippen molar-refractivity contribution in [3.05, 3.63) is 24.3 Å². The SMILES string of the molecule is COP(=S)(S)Oc1cccc(O)c1. The maximum Gasteiger partial charge on any atom is 0.294 e. The van der Waals surface area contributed by atoms with Gasteiger partial charge in [-0.2, -0.15) is 0 Å². The van der Waals surface area contributed by atoms with Crippen LogP contribution in [0.25, 0.3) is 0 Å². The molecule has 0 heterocycles. The lowest BCUT2D eigenvalue weighted by Crippen LogP contribution is -1.87. The van der Waals surface area contributed by atoms with E-state index in [1.54, 1.807) is 18.2 Å². The van der Waals surface area contributed by atoms with E-state index in [4.69, 9.17) is 26.0 Å². The molecular weight excluding hydrogens is 227 g/mol. The van der Waals surface area contributed by atoms with Gasteiger partial charge in [0.1, 0.15) is 11.5 Å². The summed E-state index contributed by atoms with van der Waals surface area (Å²) in [6.45, 7) is 0. The molecule has 3 nitrogen and oxygen atoms in total. The molecule has 1 N–H and O–H groups in total. The van der Waals surface area contributed by atoms with Gasteiger partial charge < -0.3 is 14.2 Å². The van der Waals surface area contributed by atoms with Gasteiger partial charge in [-0.1, -0.05) is 18.3 Å². The molecule has 72 valence electrons. The van der Waals surface area contributed by atoms with Gasteiger partial charge in [0.05, 0.1) is 0 Å². The summed E-state index contributed by atoms with van der Waals surface area (Å²) in [5, 5.41) is 9.12. The summed E-state index contributed by atoms with van der Waals surface area (Å²) >= 11 is 8.95. The predicted octanol–water partition coefficient (Wildman–Crippen LogP) is 2.57. The third kappa shape index (κ3) is 3.56. The second-order valence-electron chi connectivity index (χ2n) is 2.24. The highest BCUT2D eigenvalue weighted by atomic mass is 32.9. The number of hydrogen-bond donors (Lipinski definition) is 2. The molecule has 0 bridgehead atoms. The molecule has 1 unspecified atom stereocenters. The first-order chi connectivity index (χ1) is 6.03. The fourth-order valence-corrected chi connectivity index (χ4v) is 1.71. The molecule has 0 aromatic heterocycles. The predicted molar refractivity (Wildman–Crippen MR) is 59.0 cm³/mol. The van der Waals surface area contributed by atoms with Gasteiger partial charge in [0.2, 0.25) is 0 Å². The molecule has 0 aliphatic rings. The molecule has 0 spiro atoms. The third-order valence-electron chi connectivity index (χ3n) is 1.27. The number of phenolic OH excluding ortho intramolecular Hbond substituents is 1. The van der Waals surface area contributed by atoms with E-state index >= 15 is 0 Å². The van der Waals surface area contributed by atoms with Crippen LogP contribution in [0.3, 0.4) is 0 Å². The Hall–Kier alpha value is -0.220. The Morgan fingerprint density at radius 3 is 2.77 bits per heavy atom. The monoisotopic (exact) mass is 236 g/mol. The molecule has 1 aromatic carbocycles. The molecule has 0 saturated heterocycles. The highest BCUT2D eigenvalue weighted by molar-refractivity contribution is 8.60. The van der Waals surface area contributed by atoms with E-state index < -0.39 is 5.69 Å². The van der Waals surface area contributed by atoms with E-state index in [0.717, 1.165) is 0 Å². The summed E-state index contributed by atoms with van der Waals surface area (Å²) in [7, 11) is 1.44. The van der Waals surface area contributed by atoms with Crippen LogP contribution in [0.4, 0.5) is 0 Å². The minimum Gasteiger partial charge on any atom is -0.508 e. The fraction of sp³-hybridized carbons (Fsp3) is 0.143. The zero-order chi connectivity index (χ0) is 9.90. The molecule has 6 heteroatoms. The first-order valence-electron chi connectivity index (χ1n) is 3.41. The first-order valence-corrected chi connectivity index (χ1v) is 7.20. The van der Waals surface area contributed by atoms with Crippen LogP contribution in [0.15, 0.2) is 24.3 Å². The lowest BCUT2D eigenvalue weighted by Gasteiger charge is -2.14. The average molecular weight is 236 g/mol. The normalized spacial score (nSPS) is 14.9. The van der Waals surface area contributed by atoms with Crippen LogP contribution < -0.4 is 4.52 Å². The van der Waals surface area contributed by atoms with E-state index in [1.165, 1.54) is 13.2 Å². The van der Waals surface area contributed by atoms with Crippen LogP contribution in [0.5, 0.6) is 11.5 Å². The van der Waals surface area contributed by atoms with Gasteiger partial charge in [0.15, 0.2) is 0 Å². The van der Waals surface area contributed by atoms with Crippen LogP contribution >= 0.6 is 17.9 Å². The minimum atomic E-state index is -2.50. The van der Waals surface area contributed by atoms with Crippen LogP contribution in [0, 0.1) is 0 Å². The van der Waals surface area contributed by atoms with Crippen molar-refractivity contribution in [3.63, 3.8) is 0 Å². The van der Waals surface area contributed by atoms with Gasteiger partial charge in [0, 0.05) is 13.2 Å². The maximum atomic E-state index is 9.12. The van der Waals surface area contributed by atoms with E-state index in [0.29, 0.717) is 5.75 Å². The van der Waals surface area contributed by atoms with Gasteiger partial charge in [-0.05, 0) is 23.9 Å². The van der Waals surface area contributed by atoms with Crippen LogP contribution in [0.1, 0.15) is 0 Å². The zero-order valence-electron chi connectivity index (χ0n) is 6.88. The molecule has 1 atom stereocenters. The first kappa shape index (κ1) is 10.9. The largest absolute Gasteiger partial charge is 0.508 e. The van der Waals surface area contributed by atoms with Crippen molar-refractivity contribution in [2.45, 2.75) is 0 Å². The topological polar surface area (TPSA) is 38.7 Å². The quantitative estimate of drug-likeness (QED) is 0.625. The van der Waals surface area contributed by atoms with E-state index in [-0.39, 0.29) is 5.75 Å². The van der Waals surface area contributed by atoms with Gasteiger partial charge in [0.25, 0.3) is 5.69 Å². The van der Waals surface area contributed by atoms with Gasteiger partial charge in [-0.25, -0.2) is 0 Å². The Morgan fingerprint density at radius 1 is 1.54 bits per heavy atom. The lowest BCUT2D eigenvalue weighted by molar-refractivity contribution is 0.407. The molecule has 1 aromatic rings. The molecule has 0 radical (unpaired) electrons. The molecule has 0 aliphatic carbocycles. The molecule has 0 amide bonds. The minimum absolute atomic E-state index is 0.122.